The molecule has 0 aliphatic heterocycles. The minimum absolute atomic E-state index is 0.150. The van der Waals surface area contributed by atoms with Crippen LogP contribution in [0, 0.1) is 0 Å². The van der Waals surface area contributed by atoms with Gasteiger partial charge in [-0.2, -0.15) is 5.10 Å². The molecule has 5 heteroatoms. The van der Waals surface area contributed by atoms with Crippen LogP contribution in [0.1, 0.15) is 5.56 Å². The third-order valence-electron chi connectivity index (χ3n) is 2.52. The zero-order valence-electron chi connectivity index (χ0n) is 10.8. The monoisotopic (exact) mass is 269 g/mol. The number of hydrogen-bond donors (Lipinski definition) is 3. The van der Waals surface area contributed by atoms with Crippen LogP contribution in [0.25, 0.3) is 0 Å². The summed E-state index contributed by atoms with van der Waals surface area (Å²) in [5.74, 6) is -0.0397. The molecule has 0 unspecified atom stereocenters. The lowest BCUT2D eigenvalue weighted by atomic mass is 10.2. The summed E-state index contributed by atoms with van der Waals surface area (Å²) in [7, 11) is 0. The van der Waals surface area contributed by atoms with Crippen LogP contribution in [-0.2, 0) is 4.79 Å². The minimum Gasteiger partial charge on any atom is -0.508 e. The molecular formula is C15H15N3O2. The van der Waals surface area contributed by atoms with Crippen molar-refractivity contribution in [3.63, 3.8) is 0 Å². The van der Waals surface area contributed by atoms with Crippen molar-refractivity contribution < 1.29 is 9.90 Å². The first-order valence-corrected chi connectivity index (χ1v) is 6.14. The van der Waals surface area contributed by atoms with E-state index in [2.05, 4.69) is 15.8 Å². The second-order valence-corrected chi connectivity index (χ2v) is 4.10. The Morgan fingerprint density at radius 2 is 1.80 bits per heavy atom. The standard InChI is InChI=1S/C15H15N3O2/c19-14-8-6-12(7-9-14)10-17-18-15(20)11-16-13-4-2-1-3-5-13/h1-10,16,19H,11H2,(H,18,20)/b17-10-. The van der Waals surface area contributed by atoms with Gasteiger partial charge in [-0.3, -0.25) is 4.79 Å². The highest BCUT2D eigenvalue weighted by Crippen LogP contribution is 2.07. The summed E-state index contributed by atoms with van der Waals surface area (Å²) < 4.78 is 0. The van der Waals surface area contributed by atoms with Crippen LogP contribution >= 0.6 is 0 Å². The van der Waals surface area contributed by atoms with E-state index in [4.69, 9.17) is 5.11 Å². The Hall–Kier alpha value is -2.82. The van der Waals surface area contributed by atoms with Gasteiger partial charge in [0.1, 0.15) is 5.75 Å². The number of carbonyl (C=O) groups is 1. The van der Waals surface area contributed by atoms with Gasteiger partial charge in [-0.05, 0) is 42.0 Å². The van der Waals surface area contributed by atoms with Gasteiger partial charge in [0, 0.05) is 5.69 Å². The van der Waals surface area contributed by atoms with E-state index in [0.717, 1.165) is 11.3 Å². The molecular weight excluding hydrogens is 254 g/mol. The lowest BCUT2D eigenvalue weighted by molar-refractivity contribution is -0.119. The first-order chi connectivity index (χ1) is 9.74. The molecule has 102 valence electrons. The molecule has 0 aliphatic carbocycles. The molecule has 0 saturated heterocycles. The van der Waals surface area contributed by atoms with Crippen LogP contribution in [0.15, 0.2) is 59.7 Å². The smallest absolute Gasteiger partial charge is 0.259 e. The number of nitrogens with zero attached hydrogens (tertiary/aromatic N) is 1. The summed E-state index contributed by atoms with van der Waals surface area (Å²) in [5, 5.41) is 15.9. The maximum Gasteiger partial charge on any atom is 0.259 e. The SMILES string of the molecule is O=C(CNc1ccccc1)N/N=C\c1ccc(O)cc1. The number of hydrazone groups is 1. The van der Waals surface area contributed by atoms with Crippen molar-refractivity contribution in [2.45, 2.75) is 0 Å². The van der Waals surface area contributed by atoms with E-state index in [1.807, 2.05) is 30.3 Å². The van der Waals surface area contributed by atoms with E-state index < -0.39 is 0 Å². The number of phenolic OH excluding ortho intramolecular Hbond substituents is 1. The van der Waals surface area contributed by atoms with Gasteiger partial charge in [0.15, 0.2) is 0 Å². The summed E-state index contributed by atoms with van der Waals surface area (Å²) in [5.41, 5.74) is 4.09. The van der Waals surface area contributed by atoms with Gasteiger partial charge in [0.05, 0.1) is 12.8 Å². The predicted molar refractivity (Wildman–Crippen MR) is 78.8 cm³/mol. The molecule has 0 radical (unpaired) electrons. The maximum atomic E-state index is 11.5. The molecule has 0 heterocycles. The van der Waals surface area contributed by atoms with E-state index >= 15 is 0 Å². The molecule has 2 rings (SSSR count). The van der Waals surface area contributed by atoms with Crippen molar-refractivity contribution in [1.29, 1.82) is 0 Å². The summed E-state index contributed by atoms with van der Waals surface area (Å²) in [6, 6.07) is 16.0. The zero-order chi connectivity index (χ0) is 14.2. The molecule has 20 heavy (non-hydrogen) atoms. The third kappa shape index (κ3) is 4.45. The molecule has 1 amide bonds. The summed E-state index contributed by atoms with van der Waals surface area (Å²) in [6.07, 6.45) is 1.51. The number of para-hydroxylation sites is 1. The van der Waals surface area contributed by atoms with Gasteiger partial charge in [0.2, 0.25) is 0 Å². The number of hydrogen-bond acceptors (Lipinski definition) is 4. The van der Waals surface area contributed by atoms with E-state index in [1.54, 1.807) is 24.3 Å². The number of rotatable bonds is 5. The number of aromatic hydroxyl groups is 1. The quantitative estimate of drug-likeness (QED) is 0.574. The predicted octanol–water partition coefficient (Wildman–Crippen LogP) is 1.95. The van der Waals surface area contributed by atoms with Crippen molar-refractivity contribution in [2.75, 3.05) is 11.9 Å². The van der Waals surface area contributed by atoms with E-state index in [1.165, 1.54) is 6.21 Å². The minimum atomic E-state index is -0.233. The normalized spacial score (nSPS) is 10.4. The second kappa shape index (κ2) is 6.94. The Labute approximate surface area is 117 Å². The van der Waals surface area contributed by atoms with Gasteiger partial charge >= 0.3 is 0 Å². The largest absolute Gasteiger partial charge is 0.508 e. The van der Waals surface area contributed by atoms with Crippen LogP contribution in [0.3, 0.4) is 0 Å². The third-order valence-corrected chi connectivity index (χ3v) is 2.52. The lowest BCUT2D eigenvalue weighted by Crippen LogP contribution is -2.25. The van der Waals surface area contributed by atoms with E-state index in [0.29, 0.717) is 0 Å². The van der Waals surface area contributed by atoms with Crippen molar-refractivity contribution in [3.8, 4) is 5.75 Å². The molecule has 0 aliphatic rings. The fourth-order valence-corrected chi connectivity index (χ4v) is 1.52. The number of anilines is 1. The van der Waals surface area contributed by atoms with Crippen LogP contribution in [0.5, 0.6) is 5.75 Å². The fraction of sp³-hybridized carbons (Fsp3) is 0.0667. The van der Waals surface area contributed by atoms with Crippen LogP contribution in [-0.4, -0.2) is 23.8 Å². The van der Waals surface area contributed by atoms with Gasteiger partial charge < -0.3 is 10.4 Å². The summed E-state index contributed by atoms with van der Waals surface area (Å²) in [6.45, 7) is 0.150. The average Bonchev–Trinajstić information content (AvgIpc) is 2.48. The van der Waals surface area contributed by atoms with Gasteiger partial charge in [-0.1, -0.05) is 18.2 Å². The average molecular weight is 269 g/mol. The molecule has 2 aromatic carbocycles. The van der Waals surface area contributed by atoms with E-state index in [9.17, 15) is 4.79 Å². The van der Waals surface area contributed by atoms with Crippen LogP contribution in [0.2, 0.25) is 0 Å². The molecule has 0 fully saturated rings. The number of phenols is 1. The molecule has 0 bridgehead atoms. The Balaban J connectivity index is 1.76. The molecule has 3 N–H and O–H groups in total. The number of carbonyl (C=O) groups excluding carboxylic acids is 1. The molecule has 0 saturated carbocycles. The van der Waals surface area contributed by atoms with Crippen LogP contribution in [0.4, 0.5) is 5.69 Å². The fourth-order valence-electron chi connectivity index (χ4n) is 1.52. The first kappa shape index (κ1) is 13.6. The Kier molecular flexibility index (Phi) is 4.72. The highest BCUT2D eigenvalue weighted by Gasteiger charge is 1.98. The van der Waals surface area contributed by atoms with Crippen LogP contribution < -0.4 is 10.7 Å². The lowest BCUT2D eigenvalue weighted by Gasteiger charge is -2.04. The first-order valence-electron chi connectivity index (χ1n) is 6.14. The highest BCUT2D eigenvalue weighted by molar-refractivity contribution is 5.84. The molecule has 2 aromatic rings. The van der Waals surface area contributed by atoms with Crippen molar-refractivity contribution in [2.24, 2.45) is 5.10 Å². The molecule has 5 nitrogen and oxygen atoms in total. The number of nitrogens with one attached hydrogen (secondary N) is 2. The second-order valence-electron chi connectivity index (χ2n) is 4.10. The highest BCUT2D eigenvalue weighted by atomic mass is 16.3. The Bertz CT molecular complexity index is 580. The van der Waals surface area contributed by atoms with Crippen molar-refractivity contribution in [3.05, 3.63) is 60.2 Å². The van der Waals surface area contributed by atoms with Gasteiger partial charge in [-0.15, -0.1) is 0 Å². The van der Waals surface area contributed by atoms with Crippen molar-refractivity contribution in [1.82, 2.24) is 5.43 Å². The van der Waals surface area contributed by atoms with E-state index in [-0.39, 0.29) is 18.2 Å². The van der Waals surface area contributed by atoms with Gasteiger partial charge in [0.25, 0.3) is 5.91 Å². The number of amides is 1. The summed E-state index contributed by atoms with van der Waals surface area (Å²) in [4.78, 5) is 11.5. The maximum absolute atomic E-state index is 11.5. The molecule has 0 aromatic heterocycles. The topological polar surface area (TPSA) is 73.7 Å². The zero-order valence-corrected chi connectivity index (χ0v) is 10.8. The Morgan fingerprint density at radius 3 is 2.50 bits per heavy atom. The summed E-state index contributed by atoms with van der Waals surface area (Å²) >= 11 is 0. The van der Waals surface area contributed by atoms with Crippen molar-refractivity contribution >= 4 is 17.8 Å². The Morgan fingerprint density at radius 1 is 1.10 bits per heavy atom. The molecule has 0 spiro atoms. The molecule has 0 atom stereocenters. The van der Waals surface area contributed by atoms with Gasteiger partial charge in [-0.25, -0.2) is 5.43 Å². The number of benzene rings is 2.